The van der Waals surface area contributed by atoms with Crippen molar-refractivity contribution in [2.45, 2.75) is 26.2 Å². The molecule has 0 aliphatic rings. The summed E-state index contributed by atoms with van der Waals surface area (Å²) in [6, 6.07) is 13.4. The van der Waals surface area contributed by atoms with Gasteiger partial charge in [0.1, 0.15) is 11.5 Å². The van der Waals surface area contributed by atoms with Gasteiger partial charge in [-0.1, -0.05) is 25.5 Å². The van der Waals surface area contributed by atoms with Crippen LogP contribution in [0.1, 0.15) is 24.5 Å². The van der Waals surface area contributed by atoms with Crippen LogP contribution in [0.3, 0.4) is 0 Å². The molecule has 2 rings (SSSR count). The van der Waals surface area contributed by atoms with E-state index < -0.39 is 0 Å². The maximum absolute atomic E-state index is 12.3. The number of hydrogen-bond donors (Lipinski definition) is 1. The standard InChI is InChI=1S/C19H23NO3/c1-4-5-14-6-8-16(9-7-14)20-19(21)13-15-12-17(22-2)10-11-18(15)23-3/h6-12H,4-5,13H2,1-3H3,(H,20,21). The highest BCUT2D eigenvalue weighted by atomic mass is 16.5. The fourth-order valence-electron chi connectivity index (χ4n) is 2.44. The Kier molecular flexibility index (Phi) is 6.03. The summed E-state index contributed by atoms with van der Waals surface area (Å²) in [6.07, 6.45) is 2.40. The van der Waals surface area contributed by atoms with E-state index in [2.05, 4.69) is 12.2 Å². The molecular formula is C19H23NO3. The molecule has 0 saturated heterocycles. The Bertz CT molecular complexity index is 650. The lowest BCUT2D eigenvalue weighted by atomic mass is 10.1. The SMILES string of the molecule is CCCc1ccc(NC(=O)Cc2cc(OC)ccc2OC)cc1. The van der Waals surface area contributed by atoms with Crippen molar-refractivity contribution in [3.8, 4) is 11.5 Å². The van der Waals surface area contributed by atoms with Gasteiger partial charge in [0.05, 0.1) is 20.6 Å². The van der Waals surface area contributed by atoms with Gasteiger partial charge in [-0.2, -0.15) is 0 Å². The minimum Gasteiger partial charge on any atom is -0.497 e. The van der Waals surface area contributed by atoms with Crippen molar-refractivity contribution in [2.24, 2.45) is 0 Å². The van der Waals surface area contributed by atoms with Crippen molar-refractivity contribution >= 4 is 11.6 Å². The van der Waals surface area contributed by atoms with Crippen LogP contribution >= 0.6 is 0 Å². The van der Waals surface area contributed by atoms with Crippen LogP contribution in [0.25, 0.3) is 0 Å². The molecule has 4 heteroatoms. The Labute approximate surface area is 137 Å². The number of benzene rings is 2. The maximum Gasteiger partial charge on any atom is 0.228 e. The summed E-state index contributed by atoms with van der Waals surface area (Å²) in [7, 11) is 3.19. The summed E-state index contributed by atoms with van der Waals surface area (Å²) in [5.41, 5.74) is 2.88. The third-order valence-corrected chi connectivity index (χ3v) is 3.61. The summed E-state index contributed by atoms with van der Waals surface area (Å²) >= 11 is 0. The summed E-state index contributed by atoms with van der Waals surface area (Å²) < 4.78 is 10.5. The first kappa shape index (κ1) is 16.9. The summed E-state index contributed by atoms with van der Waals surface area (Å²) in [4.78, 5) is 12.3. The molecule has 122 valence electrons. The fourth-order valence-corrected chi connectivity index (χ4v) is 2.44. The van der Waals surface area contributed by atoms with Crippen molar-refractivity contribution in [1.82, 2.24) is 0 Å². The zero-order valence-electron chi connectivity index (χ0n) is 13.9. The van der Waals surface area contributed by atoms with Gasteiger partial charge in [0, 0.05) is 11.3 Å². The molecule has 0 unspecified atom stereocenters. The number of carbonyl (C=O) groups is 1. The molecule has 0 saturated carbocycles. The minimum atomic E-state index is -0.0835. The Morgan fingerprint density at radius 3 is 2.39 bits per heavy atom. The van der Waals surface area contributed by atoms with E-state index in [1.165, 1.54) is 5.56 Å². The molecule has 0 aromatic heterocycles. The normalized spacial score (nSPS) is 10.2. The molecule has 1 N–H and O–H groups in total. The lowest BCUT2D eigenvalue weighted by molar-refractivity contribution is -0.115. The van der Waals surface area contributed by atoms with Gasteiger partial charge in [0.25, 0.3) is 0 Å². The molecule has 2 aromatic rings. The highest BCUT2D eigenvalue weighted by Gasteiger charge is 2.10. The maximum atomic E-state index is 12.3. The molecule has 23 heavy (non-hydrogen) atoms. The molecule has 0 aliphatic carbocycles. The lowest BCUT2D eigenvalue weighted by Gasteiger charge is -2.11. The van der Waals surface area contributed by atoms with Gasteiger partial charge in [0.2, 0.25) is 5.91 Å². The van der Waals surface area contributed by atoms with Crippen molar-refractivity contribution in [2.75, 3.05) is 19.5 Å². The zero-order chi connectivity index (χ0) is 16.7. The van der Waals surface area contributed by atoms with Gasteiger partial charge in [-0.05, 0) is 42.3 Å². The predicted molar refractivity (Wildman–Crippen MR) is 92.3 cm³/mol. The van der Waals surface area contributed by atoms with E-state index in [1.807, 2.05) is 36.4 Å². The Hall–Kier alpha value is -2.49. The van der Waals surface area contributed by atoms with Crippen molar-refractivity contribution in [3.05, 3.63) is 53.6 Å². The molecule has 1 amide bonds. The lowest BCUT2D eigenvalue weighted by Crippen LogP contribution is -2.15. The van der Waals surface area contributed by atoms with Gasteiger partial charge in [-0.3, -0.25) is 4.79 Å². The third-order valence-electron chi connectivity index (χ3n) is 3.61. The largest absolute Gasteiger partial charge is 0.497 e. The number of ether oxygens (including phenoxy) is 2. The molecule has 0 heterocycles. The summed E-state index contributed by atoms with van der Waals surface area (Å²) in [5, 5.41) is 2.91. The topological polar surface area (TPSA) is 47.6 Å². The van der Waals surface area contributed by atoms with Crippen LogP contribution in [0.2, 0.25) is 0 Å². The highest BCUT2D eigenvalue weighted by Crippen LogP contribution is 2.24. The third kappa shape index (κ3) is 4.74. The second-order valence-corrected chi connectivity index (χ2v) is 5.35. The van der Waals surface area contributed by atoms with Crippen LogP contribution in [0, 0.1) is 0 Å². The fraction of sp³-hybridized carbons (Fsp3) is 0.316. The van der Waals surface area contributed by atoms with Gasteiger partial charge in [-0.15, -0.1) is 0 Å². The van der Waals surface area contributed by atoms with E-state index in [-0.39, 0.29) is 12.3 Å². The van der Waals surface area contributed by atoms with Crippen LogP contribution in [0.15, 0.2) is 42.5 Å². The van der Waals surface area contributed by atoms with Crippen LogP contribution in [-0.2, 0) is 17.6 Å². The summed E-state index contributed by atoms with van der Waals surface area (Å²) in [6.45, 7) is 2.15. The van der Waals surface area contributed by atoms with Crippen LogP contribution < -0.4 is 14.8 Å². The second-order valence-electron chi connectivity index (χ2n) is 5.35. The van der Waals surface area contributed by atoms with Gasteiger partial charge in [-0.25, -0.2) is 0 Å². The molecule has 0 atom stereocenters. The number of aryl methyl sites for hydroxylation is 1. The predicted octanol–water partition coefficient (Wildman–Crippen LogP) is 3.84. The Morgan fingerprint density at radius 2 is 1.78 bits per heavy atom. The first-order valence-corrected chi connectivity index (χ1v) is 7.76. The first-order valence-electron chi connectivity index (χ1n) is 7.76. The van der Waals surface area contributed by atoms with Crippen LogP contribution in [-0.4, -0.2) is 20.1 Å². The summed E-state index contributed by atoms with van der Waals surface area (Å²) in [5.74, 6) is 1.30. The average Bonchev–Trinajstić information content (AvgIpc) is 2.56. The van der Waals surface area contributed by atoms with Crippen molar-refractivity contribution in [3.63, 3.8) is 0 Å². The molecular weight excluding hydrogens is 290 g/mol. The highest BCUT2D eigenvalue weighted by molar-refractivity contribution is 5.92. The van der Waals surface area contributed by atoms with E-state index in [0.29, 0.717) is 11.5 Å². The molecule has 0 spiro atoms. The molecule has 0 fully saturated rings. The van der Waals surface area contributed by atoms with Crippen molar-refractivity contribution in [1.29, 1.82) is 0 Å². The number of nitrogens with one attached hydrogen (secondary N) is 1. The number of rotatable bonds is 7. The van der Waals surface area contributed by atoms with Gasteiger partial charge >= 0.3 is 0 Å². The van der Waals surface area contributed by atoms with Gasteiger partial charge < -0.3 is 14.8 Å². The van der Waals surface area contributed by atoms with Gasteiger partial charge in [0.15, 0.2) is 0 Å². The van der Waals surface area contributed by atoms with Crippen LogP contribution in [0.4, 0.5) is 5.69 Å². The number of anilines is 1. The van der Waals surface area contributed by atoms with E-state index in [1.54, 1.807) is 20.3 Å². The molecule has 2 aromatic carbocycles. The number of carbonyl (C=O) groups excluding carboxylic acids is 1. The van der Waals surface area contributed by atoms with E-state index in [4.69, 9.17) is 9.47 Å². The van der Waals surface area contributed by atoms with E-state index in [0.717, 1.165) is 24.1 Å². The molecule has 0 radical (unpaired) electrons. The first-order chi connectivity index (χ1) is 11.2. The molecule has 0 bridgehead atoms. The zero-order valence-corrected chi connectivity index (χ0v) is 13.9. The smallest absolute Gasteiger partial charge is 0.228 e. The van der Waals surface area contributed by atoms with E-state index in [9.17, 15) is 4.79 Å². The van der Waals surface area contributed by atoms with Crippen molar-refractivity contribution < 1.29 is 14.3 Å². The Balaban J connectivity index is 2.04. The van der Waals surface area contributed by atoms with Crippen LogP contribution in [0.5, 0.6) is 11.5 Å². The molecule has 0 aliphatic heterocycles. The number of hydrogen-bond acceptors (Lipinski definition) is 3. The Morgan fingerprint density at radius 1 is 1.04 bits per heavy atom. The quantitative estimate of drug-likeness (QED) is 0.845. The average molecular weight is 313 g/mol. The number of methoxy groups -OCH3 is 2. The number of amides is 1. The van der Waals surface area contributed by atoms with E-state index >= 15 is 0 Å². The minimum absolute atomic E-state index is 0.0835. The second kappa shape index (κ2) is 8.22. The molecule has 4 nitrogen and oxygen atoms in total. The monoisotopic (exact) mass is 313 g/mol.